The second-order valence-corrected chi connectivity index (χ2v) is 10.6. The fourth-order valence-electron chi connectivity index (χ4n) is 5.82. The van der Waals surface area contributed by atoms with Crippen molar-refractivity contribution in [3.8, 4) is 50.7 Å². The lowest BCUT2D eigenvalue weighted by molar-refractivity contribution is 1.16. The van der Waals surface area contributed by atoms with Crippen LogP contribution in [0.3, 0.4) is 0 Å². The van der Waals surface area contributed by atoms with Gasteiger partial charge < -0.3 is 4.57 Å². The highest BCUT2D eigenvalue weighted by atomic mass is 15.0. The predicted molar refractivity (Wildman–Crippen MR) is 176 cm³/mol. The summed E-state index contributed by atoms with van der Waals surface area (Å²) in [6.45, 7) is 0. The van der Waals surface area contributed by atoms with Gasteiger partial charge in [0.2, 0.25) is 0 Å². The third kappa shape index (κ3) is 4.55. The Balaban J connectivity index is 1.27. The van der Waals surface area contributed by atoms with Crippen LogP contribution in [0.2, 0.25) is 0 Å². The highest BCUT2D eigenvalue weighted by Gasteiger charge is 2.15. The molecule has 0 aliphatic heterocycles. The molecule has 0 fully saturated rings. The Hall–Kier alpha value is -5.87. The van der Waals surface area contributed by atoms with Crippen LogP contribution in [0, 0.1) is 0 Å². The van der Waals surface area contributed by atoms with Gasteiger partial charge in [0.05, 0.1) is 22.4 Å². The largest absolute Gasteiger partial charge is 0.309 e. The second kappa shape index (κ2) is 10.5. The molecule has 0 N–H and O–H groups in total. The van der Waals surface area contributed by atoms with Crippen molar-refractivity contribution in [2.75, 3.05) is 0 Å². The molecule has 0 aliphatic rings. The summed E-state index contributed by atoms with van der Waals surface area (Å²) < 4.78 is 2.30. The lowest BCUT2D eigenvalue weighted by Gasteiger charge is -2.12. The third-order valence-electron chi connectivity index (χ3n) is 7.92. The number of nitrogens with zero attached hydrogens (tertiary/aromatic N) is 4. The summed E-state index contributed by atoms with van der Waals surface area (Å²) >= 11 is 0. The van der Waals surface area contributed by atoms with Gasteiger partial charge in [-0.05, 0) is 41.5 Å². The molecule has 0 atom stereocenters. The average molecular weight is 551 g/mol. The average Bonchev–Trinajstić information content (AvgIpc) is 3.43. The van der Waals surface area contributed by atoms with Crippen molar-refractivity contribution in [1.82, 2.24) is 19.5 Å². The van der Waals surface area contributed by atoms with Crippen molar-refractivity contribution in [3.63, 3.8) is 0 Å². The highest BCUT2D eigenvalue weighted by molar-refractivity contribution is 6.08. The van der Waals surface area contributed by atoms with Crippen LogP contribution in [-0.4, -0.2) is 19.5 Å². The molecular formula is C39H26N4. The van der Waals surface area contributed by atoms with Crippen molar-refractivity contribution in [1.29, 1.82) is 0 Å². The molecule has 5 aromatic carbocycles. The van der Waals surface area contributed by atoms with E-state index >= 15 is 0 Å². The topological polar surface area (TPSA) is 43.6 Å². The smallest absolute Gasteiger partial charge is 0.160 e. The molecular weight excluding hydrogens is 524 g/mol. The number of pyridine rings is 1. The van der Waals surface area contributed by atoms with Crippen LogP contribution in [0.4, 0.5) is 0 Å². The first-order valence-corrected chi connectivity index (χ1v) is 14.4. The molecule has 0 saturated heterocycles. The van der Waals surface area contributed by atoms with Crippen molar-refractivity contribution in [3.05, 3.63) is 158 Å². The number of hydrogen-bond donors (Lipinski definition) is 0. The number of rotatable bonds is 5. The standard InChI is InChI=1S/C39H26N4/c1-3-10-27(11-4-1)28-18-20-29(21-19-28)35-25-36(42-39(41-35)30-12-5-2-6-13-30)31-14-9-15-32(24-31)43-37-17-8-7-16-33(37)34-26-40-23-22-38(34)43/h1-26H. The summed E-state index contributed by atoms with van der Waals surface area (Å²) in [5.74, 6) is 0.702. The molecule has 4 heteroatoms. The van der Waals surface area contributed by atoms with Crippen LogP contribution in [0.25, 0.3) is 72.5 Å². The molecule has 202 valence electrons. The van der Waals surface area contributed by atoms with E-state index in [4.69, 9.17) is 9.97 Å². The van der Waals surface area contributed by atoms with E-state index in [0.717, 1.165) is 50.2 Å². The summed E-state index contributed by atoms with van der Waals surface area (Å²) in [6, 6.07) is 50.5. The number of benzene rings is 5. The Morgan fingerprint density at radius 1 is 0.419 bits per heavy atom. The van der Waals surface area contributed by atoms with Crippen molar-refractivity contribution < 1.29 is 0 Å². The molecule has 3 aromatic heterocycles. The normalized spacial score (nSPS) is 11.3. The lowest BCUT2D eigenvalue weighted by atomic mass is 10.0. The minimum absolute atomic E-state index is 0.702. The molecule has 0 radical (unpaired) electrons. The predicted octanol–water partition coefficient (Wildman–Crippen LogP) is 9.64. The monoisotopic (exact) mass is 550 g/mol. The van der Waals surface area contributed by atoms with Crippen LogP contribution in [0.15, 0.2) is 158 Å². The fraction of sp³-hybridized carbons (Fsp3) is 0. The molecule has 0 saturated carbocycles. The van der Waals surface area contributed by atoms with Crippen molar-refractivity contribution in [2.24, 2.45) is 0 Å². The van der Waals surface area contributed by atoms with E-state index in [-0.39, 0.29) is 0 Å². The molecule has 3 heterocycles. The Labute approximate surface area is 249 Å². The third-order valence-corrected chi connectivity index (χ3v) is 7.92. The Kier molecular flexibility index (Phi) is 6.08. The summed E-state index contributed by atoms with van der Waals surface area (Å²) in [4.78, 5) is 14.5. The molecule has 8 aromatic rings. The van der Waals surface area contributed by atoms with E-state index in [0.29, 0.717) is 5.82 Å². The Bertz CT molecular complexity index is 2160. The number of fused-ring (bicyclic) bond motifs is 3. The van der Waals surface area contributed by atoms with Crippen LogP contribution < -0.4 is 0 Å². The molecule has 8 rings (SSSR count). The van der Waals surface area contributed by atoms with Crippen molar-refractivity contribution in [2.45, 2.75) is 0 Å². The summed E-state index contributed by atoms with van der Waals surface area (Å²) in [7, 11) is 0. The van der Waals surface area contributed by atoms with Gasteiger partial charge in [0, 0.05) is 45.5 Å². The molecule has 4 nitrogen and oxygen atoms in total. The molecule has 0 unspecified atom stereocenters. The Morgan fingerprint density at radius 3 is 1.81 bits per heavy atom. The first-order valence-electron chi connectivity index (χ1n) is 14.4. The summed E-state index contributed by atoms with van der Waals surface area (Å²) in [5, 5.41) is 2.32. The van der Waals surface area contributed by atoms with E-state index in [1.54, 1.807) is 0 Å². The van der Waals surface area contributed by atoms with Gasteiger partial charge >= 0.3 is 0 Å². The zero-order valence-corrected chi connectivity index (χ0v) is 23.3. The van der Waals surface area contributed by atoms with E-state index < -0.39 is 0 Å². The van der Waals surface area contributed by atoms with Gasteiger partial charge in [0.1, 0.15) is 0 Å². The number of aromatic nitrogens is 4. The minimum atomic E-state index is 0.702. The SMILES string of the molecule is c1ccc(-c2ccc(-c3cc(-c4cccc(-n5c6ccccc6c6cnccc65)c4)nc(-c4ccccc4)n3)cc2)cc1. The van der Waals surface area contributed by atoms with E-state index in [1.165, 1.54) is 16.5 Å². The van der Waals surface area contributed by atoms with Gasteiger partial charge in [-0.3, -0.25) is 4.98 Å². The van der Waals surface area contributed by atoms with Crippen molar-refractivity contribution >= 4 is 21.8 Å². The van der Waals surface area contributed by atoms with Gasteiger partial charge in [0.15, 0.2) is 5.82 Å². The second-order valence-electron chi connectivity index (χ2n) is 10.6. The number of hydrogen-bond acceptors (Lipinski definition) is 3. The van der Waals surface area contributed by atoms with Gasteiger partial charge in [0.25, 0.3) is 0 Å². The van der Waals surface area contributed by atoms with Crippen LogP contribution >= 0.6 is 0 Å². The zero-order valence-electron chi connectivity index (χ0n) is 23.3. The quantitative estimate of drug-likeness (QED) is 0.214. The maximum absolute atomic E-state index is 5.08. The molecule has 0 aliphatic carbocycles. The highest BCUT2D eigenvalue weighted by Crippen LogP contribution is 2.34. The summed E-state index contributed by atoms with van der Waals surface area (Å²) in [6.07, 6.45) is 3.80. The van der Waals surface area contributed by atoms with Crippen LogP contribution in [-0.2, 0) is 0 Å². The molecule has 0 spiro atoms. The molecule has 0 bridgehead atoms. The minimum Gasteiger partial charge on any atom is -0.309 e. The van der Waals surface area contributed by atoms with Crippen LogP contribution in [0.5, 0.6) is 0 Å². The van der Waals surface area contributed by atoms with Crippen LogP contribution in [0.1, 0.15) is 0 Å². The maximum Gasteiger partial charge on any atom is 0.160 e. The summed E-state index contributed by atoms with van der Waals surface area (Å²) in [5.41, 5.74) is 10.5. The van der Waals surface area contributed by atoms with E-state index in [9.17, 15) is 0 Å². The van der Waals surface area contributed by atoms with Gasteiger partial charge in [-0.15, -0.1) is 0 Å². The van der Waals surface area contributed by atoms with Gasteiger partial charge in [-0.2, -0.15) is 0 Å². The fourth-order valence-corrected chi connectivity index (χ4v) is 5.82. The van der Waals surface area contributed by atoms with E-state index in [2.05, 4.69) is 131 Å². The van der Waals surface area contributed by atoms with E-state index in [1.807, 2.05) is 36.7 Å². The van der Waals surface area contributed by atoms with Gasteiger partial charge in [-0.1, -0.05) is 115 Å². The first kappa shape index (κ1) is 24.9. The molecule has 0 amide bonds. The zero-order chi connectivity index (χ0) is 28.6. The first-order chi connectivity index (χ1) is 21.3. The van der Waals surface area contributed by atoms with Gasteiger partial charge in [-0.25, -0.2) is 9.97 Å². The molecule has 43 heavy (non-hydrogen) atoms. The number of para-hydroxylation sites is 1. The lowest BCUT2D eigenvalue weighted by Crippen LogP contribution is -1.98. The Morgan fingerprint density at radius 2 is 1.02 bits per heavy atom. The maximum atomic E-state index is 5.08.